The van der Waals surface area contributed by atoms with Gasteiger partial charge in [0.2, 0.25) is 5.91 Å². The lowest BCUT2D eigenvalue weighted by atomic mass is 10.1. The minimum atomic E-state index is -0.363. The predicted octanol–water partition coefficient (Wildman–Crippen LogP) is 1.42. The van der Waals surface area contributed by atoms with Gasteiger partial charge in [0.15, 0.2) is 0 Å². The Hall–Kier alpha value is -1.88. The SMILES string of the molecule is NC(=O)Cc1nc(-c2ccc(N)cc2)cs1. The van der Waals surface area contributed by atoms with Crippen molar-refractivity contribution in [1.82, 2.24) is 4.98 Å². The van der Waals surface area contributed by atoms with Crippen molar-refractivity contribution in [2.75, 3.05) is 5.73 Å². The summed E-state index contributed by atoms with van der Waals surface area (Å²) in [6, 6.07) is 7.45. The number of hydrogen-bond acceptors (Lipinski definition) is 4. The second-order valence-corrected chi connectivity index (χ2v) is 4.33. The molecular weight excluding hydrogens is 222 g/mol. The molecule has 4 N–H and O–H groups in total. The highest BCUT2D eigenvalue weighted by Crippen LogP contribution is 2.22. The highest BCUT2D eigenvalue weighted by Gasteiger charge is 2.06. The van der Waals surface area contributed by atoms with Crippen LogP contribution < -0.4 is 11.5 Å². The lowest BCUT2D eigenvalue weighted by Crippen LogP contribution is -2.13. The number of amides is 1. The molecule has 1 heterocycles. The van der Waals surface area contributed by atoms with Crippen LogP contribution in [0.15, 0.2) is 29.6 Å². The fourth-order valence-electron chi connectivity index (χ4n) is 1.33. The molecule has 0 saturated carbocycles. The quantitative estimate of drug-likeness (QED) is 0.786. The average molecular weight is 233 g/mol. The summed E-state index contributed by atoms with van der Waals surface area (Å²) in [6.45, 7) is 0. The maximum Gasteiger partial charge on any atom is 0.224 e. The molecule has 82 valence electrons. The van der Waals surface area contributed by atoms with Crippen LogP contribution in [0.25, 0.3) is 11.3 Å². The highest BCUT2D eigenvalue weighted by atomic mass is 32.1. The molecule has 0 atom stereocenters. The van der Waals surface area contributed by atoms with E-state index < -0.39 is 0 Å². The summed E-state index contributed by atoms with van der Waals surface area (Å²) in [6.07, 6.45) is 0.194. The van der Waals surface area contributed by atoms with Crippen LogP contribution in [0.3, 0.4) is 0 Å². The Morgan fingerprint density at radius 2 is 2.00 bits per heavy atom. The summed E-state index contributed by atoms with van der Waals surface area (Å²) in [5.41, 5.74) is 13.3. The van der Waals surface area contributed by atoms with E-state index in [0.717, 1.165) is 22.0 Å². The summed E-state index contributed by atoms with van der Waals surface area (Å²) >= 11 is 1.43. The molecule has 0 aliphatic carbocycles. The Morgan fingerprint density at radius 3 is 2.62 bits per heavy atom. The third-order valence-electron chi connectivity index (χ3n) is 2.08. The van der Waals surface area contributed by atoms with Crippen molar-refractivity contribution in [3.63, 3.8) is 0 Å². The van der Waals surface area contributed by atoms with Crippen molar-refractivity contribution in [3.05, 3.63) is 34.7 Å². The lowest BCUT2D eigenvalue weighted by molar-refractivity contribution is -0.117. The van der Waals surface area contributed by atoms with Crippen molar-refractivity contribution in [1.29, 1.82) is 0 Å². The van der Waals surface area contributed by atoms with Crippen molar-refractivity contribution in [3.8, 4) is 11.3 Å². The first kappa shape index (κ1) is 10.6. The number of aromatic nitrogens is 1. The van der Waals surface area contributed by atoms with Crippen LogP contribution in [0.5, 0.6) is 0 Å². The molecule has 16 heavy (non-hydrogen) atoms. The first-order valence-corrected chi connectivity index (χ1v) is 5.62. The van der Waals surface area contributed by atoms with E-state index in [1.807, 2.05) is 29.6 Å². The third-order valence-corrected chi connectivity index (χ3v) is 2.93. The van der Waals surface area contributed by atoms with Gasteiger partial charge in [-0.2, -0.15) is 0 Å². The molecule has 0 fully saturated rings. The van der Waals surface area contributed by atoms with E-state index >= 15 is 0 Å². The van der Waals surface area contributed by atoms with Crippen LogP contribution >= 0.6 is 11.3 Å². The molecule has 0 aliphatic rings. The van der Waals surface area contributed by atoms with Gasteiger partial charge in [-0.05, 0) is 12.1 Å². The van der Waals surface area contributed by atoms with Gasteiger partial charge in [-0.15, -0.1) is 11.3 Å². The standard InChI is InChI=1S/C11H11N3OS/c12-8-3-1-7(2-4-8)9-6-16-11(14-9)5-10(13)15/h1-4,6H,5,12H2,(H2,13,15). The van der Waals surface area contributed by atoms with Gasteiger partial charge in [-0.25, -0.2) is 4.98 Å². The van der Waals surface area contributed by atoms with E-state index in [1.54, 1.807) is 0 Å². The van der Waals surface area contributed by atoms with Crippen molar-refractivity contribution < 1.29 is 4.79 Å². The fraction of sp³-hybridized carbons (Fsp3) is 0.0909. The first-order chi connectivity index (χ1) is 7.65. The molecule has 0 saturated heterocycles. The van der Waals surface area contributed by atoms with Gasteiger partial charge in [0, 0.05) is 16.6 Å². The maximum atomic E-state index is 10.7. The Morgan fingerprint density at radius 1 is 1.31 bits per heavy atom. The monoisotopic (exact) mass is 233 g/mol. The molecule has 2 aromatic rings. The average Bonchev–Trinajstić information content (AvgIpc) is 2.66. The van der Waals surface area contributed by atoms with E-state index in [2.05, 4.69) is 4.98 Å². The molecule has 1 aromatic heterocycles. The second-order valence-electron chi connectivity index (χ2n) is 3.39. The third kappa shape index (κ3) is 2.38. The molecule has 0 aliphatic heterocycles. The Balaban J connectivity index is 2.24. The zero-order chi connectivity index (χ0) is 11.5. The summed E-state index contributed by atoms with van der Waals surface area (Å²) in [4.78, 5) is 15.1. The summed E-state index contributed by atoms with van der Waals surface area (Å²) < 4.78 is 0. The van der Waals surface area contributed by atoms with Crippen molar-refractivity contribution >= 4 is 22.9 Å². The smallest absolute Gasteiger partial charge is 0.224 e. The van der Waals surface area contributed by atoms with Gasteiger partial charge >= 0.3 is 0 Å². The van der Waals surface area contributed by atoms with Crippen LogP contribution in [0.1, 0.15) is 5.01 Å². The van der Waals surface area contributed by atoms with Gasteiger partial charge in [-0.3, -0.25) is 4.79 Å². The van der Waals surface area contributed by atoms with Crippen LogP contribution in [0, 0.1) is 0 Å². The van der Waals surface area contributed by atoms with Crippen LogP contribution in [0.2, 0.25) is 0 Å². The number of hydrogen-bond donors (Lipinski definition) is 2. The Kier molecular flexibility index (Phi) is 2.87. The molecule has 4 nitrogen and oxygen atoms in total. The number of carbonyl (C=O) groups excluding carboxylic acids is 1. The number of nitrogens with two attached hydrogens (primary N) is 2. The number of thiazole rings is 1. The van der Waals surface area contributed by atoms with E-state index in [4.69, 9.17) is 11.5 Å². The summed E-state index contributed by atoms with van der Waals surface area (Å²) in [7, 11) is 0. The van der Waals surface area contributed by atoms with E-state index in [-0.39, 0.29) is 12.3 Å². The van der Waals surface area contributed by atoms with E-state index in [1.165, 1.54) is 11.3 Å². The topological polar surface area (TPSA) is 82.0 Å². The normalized spacial score (nSPS) is 10.2. The zero-order valence-electron chi connectivity index (χ0n) is 8.51. The molecule has 2 rings (SSSR count). The number of anilines is 1. The number of benzene rings is 1. The lowest BCUT2D eigenvalue weighted by Gasteiger charge is -1.96. The summed E-state index contributed by atoms with van der Waals surface area (Å²) in [5, 5.41) is 2.64. The molecule has 0 spiro atoms. The van der Waals surface area contributed by atoms with Gasteiger partial charge in [0.1, 0.15) is 5.01 Å². The van der Waals surface area contributed by atoms with E-state index in [0.29, 0.717) is 0 Å². The number of nitrogens with zero attached hydrogens (tertiary/aromatic N) is 1. The number of carbonyl (C=O) groups is 1. The molecular formula is C11H11N3OS. The van der Waals surface area contributed by atoms with Crippen LogP contribution in [0.4, 0.5) is 5.69 Å². The Labute approximate surface area is 96.9 Å². The number of primary amides is 1. The van der Waals surface area contributed by atoms with E-state index in [9.17, 15) is 4.79 Å². The molecule has 5 heteroatoms. The molecule has 0 unspecified atom stereocenters. The van der Waals surface area contributed by atoms with Crippen molar-refractivity contribution in [2.45, 2.75) is 6.42 Å². The molecule has 0 bridgehead atoms. The second kappa shape index (κ2) is 4.32. The number of rotatable bonds is 3. The molecule has 0 radical (unpaired) electrons. The van der Waals surface area contributed by atoms with Gasteiger partial charge in [0.05, 0.1) is 12.1 Å². The highest BCUT2D eigenvalue weighted by molar-refractivity contribution is 7.10. The van der Waals surface area contributed by atoms with Crippen LogP contribution in [-0.2, 0) is 11.2 Å². The number of nitrogen functional groups attached to an aromatic ring is 1. The molecule has 1 amide bonds. The fourth-order valence-corrected chi connectivity index (χ4v) is 2.14. The largest absolute Gasteiger partial charge is 0.399 e. The van der Waals surface area contributed by atoms with Crippen LogP contribution in [-0.4, -0.2) is 10.9 Å². The van der Waals surface area contributed by atoms with Crippen molar-refractivity contribution in [2.24, 2.45) is 5.73 Å². The minimum absolute atomic E-state index is 0.194. The first-order valence-electron chi connectivity index (χ1n) is 4.74. The maximum absolute atomic E-state index is 10.7. The molecule has 1 aromatic carbocycles. The van der Waals surface area contributed by atoms with Gasteiger partial charge < -0.3 is 11.5 Å². The summed E-state index contributed by atoms with van der Waals surface area (Å²) in [5.74, 6) is -0.363. The Bertz CT molecular complexity index is 504. The predicted molar refractivity (Wildman–Crippen MR) is 64.9 cm³/mol. The van der Waals surface area contributed by atoms with Gasteiger partial charge in [-0.1, -0.05) is 12.1 Å². The zero-order valence-corrected chi connectivity index (χ0v) is 9.33. The van der Waals surface area contributed by atoms with Gasteiger partial charge in [0.25, 0.3) is 0 Å². The minimum Gasteiger partial charge on any atom is -0.399 e.